The van der Waals surface area contributed by atoms with Crippen LogP contribution in [0.5, 0.6) is 11.5 Å². The van der Waals surface area contributed by atoms with Crippen molar-refractivity contribution in [3.05, 3.63) is 57.8 Å². The van der Waals surface area contributed by atoms with Gasteiger partial charge in [-0.05, 0) is 43.8 Å². The van der Waals surface area contributed by atoms with Crippen LogP contribution < -0.4 is 25.4 Å². The van der Waals surface area contributed by atoms with Gasteiger partial charge < -0.3 is 30.5 Å². The van der Waals surface area contributed by atoms with Crippen LogP contribution in [0.3, 0.4) is 0 Å². The summed E-state index contributed by atoms with van der Waals surface area (Å²) in [5, 5.41) is 19.1. The van der Waals surface area contributed by atoms with Crippen LogP contribution in [0.1, 0.15) is 24.4 Å². The van der Waals surface area contributed by atoms with E-state index in [1.165, 1.54) is 12.1 Å². The second kappa shape index (κ2) is 12.2. The molecule has 184 valence electrons. The van der Waals surface area contributed by atoms with Crippen LogP contribution in [0.15, 0.2) is 36.4 Å². The number of carbonyl (C=O) groups is 2. The van der Waals surface area contributed by atoms with Crippen LogP contribution in [0.4, 0.5) is 4.39 Å². The van der Waals surface area contributed by atoms with Gasteiger partial charge in [0, 0.05) is 42.2 Å². The summed E-state index contributed by atoms with van der Waals surface area (Å²) >= 11 is 11.7. The fourth-order valence-corrected chi connectivity index (χ4v) is 3.75. The van der Waals surface area contributed by atoms with Crippen LogP contribution in [0.2, 0.25) is 10.0 Å². The average molecular weight is 514 g/mol. The molecule has 0 aromatic heterocycles. The summed E-state index contributed by atoms with van der Waals surface area (Å²) < 4.78 is 24.4. The van der Waals surface area contributed by atoms with Crippen molar-refractivity contribution in [1.82, 2.24) is 16.0 Å². The van der Waals surface area contributed by atoms with Crippen molar-refractivity contribution in [2.75, 3.05) is 26.7 Å². The molecular formula is C23H26Cl2FN3O5. The Labute approximate surface area is 206 Å². The van der Waals surface area contributed by atoms with E-state index in [0.717, 1.165) is 11.6 Å². The molecule has 3 atom stereocenters. The maximum Gasteiger partial charge on any atom is 0.261 e. The molecule has 1 aliphatic heterocycles. The van der Waals surface area contributed by atoms with Gasteiger partial charge in [0.15, 0.2) is 12.7 Å². The SMILES string of the molecule is CNC1CC(C(=O)NCC[C@H](O)CNC(=O)COc2ccc(Cl)c(F)c2)Oc2ccc(Cl)cc21. The maximum absolute atomic E-state index is 13.4. The fourth-order valence-electron chi connectivity index (χ4n) is 3.45. The number of halogens is 3. The minimum Gasteiger partial charge on any atom is -0.484 e. The van der Waals surface area contributed by atoms with Gasteiger partial charge in [0.05, 0.1) is 11.1 Å². The minimum atomic E-state index is -0.877. The number of hydrogen-bond acceptors (Lipinski definition) is 6. The van der Waals surface area contributed by atoms with Crippen LogP contribution in [0.25, 0.3) is 0 Å². The Bertz CT molecular complexity index is 1030. The molecule has 3 rings (SSSR count). The van der Waals surface area contributed by atoms with Crippen LogP contribution in [0, 0.1) is 5.82 Å². The maximum atomic E-state index is 13.4. The van der Waals surface area contributed by atoms with E-state index in [1.54, 1.807) is 19.2 Å². The van der Waals surface area contributed by atoms with Gasteiger partial charge >= 0.3 is 0 Å². The second-order valence-corrected chi connectivity index (χ2v) is 8.61. The van der Waals surface area contributed by atoms with Gasteiger partial charge in [-0.1, -0.05) is 23.2 Å². The molecule has 2 unspecified atom stereocenters. The number of amides is 2. The quantitative estimate of drug-likeness (QED) is 0.388. The van der Waals surface area contributed by atoms with Crippen molar-refractivity contribution >= 4 is 35.0 Å². The molecule has 34 heavy (non-hydrogen) atoms. The summed E-state index contributed by atoms with van der Waals surface area (Å²) in [6, 6.07) is 9.03. The lowest BCUT2D eigenvalue weighted by atomic mass is 9.96. The number of aliphatic hydroxyl groups is 1. The van der Waals surface area contributed by atoms with E-state index < -0.39 is 23.9 Å². The Balaban J connectivity index is 1.36. The molecule has 4 N–H and O–H groups in total. The predicted molar refractivity (Wildman–Crippen MR) is 126 cm³/mol. The highest BCUT2D eigenvalue weighted by Gasteiger charge is 2.32. The fraction of sp³-hybridized carbons (Fsp3) is 0.391. The second-order valence-electron chi connectivity index (χ2n) is 7.77. The first kappa shape index (κ1) is 26.0. The Morgan fingerprint density at radius 3 is 2.76 bits per heavy atom. The monoisotopic (exact) mass is 513 g/mol. The van der Waals surface area contributed by atoms with Gasteiger partial charge in [-0.2, -0.15) is 0 Å². The summed E-state index contributed by atoms with van der Waals surface area (Å²) in [5.41, 5.74) is 0.899. The summed E-state index contributed by atoms with van der Waals surface area (Å²) in [4.78, 5) is 24.4. The molecular weight excluding hydrogens is 488 g/mol. The summed E-state index contributed by atoms with van der Waals surface area (Å²) in [5.74, 6) is -0.657. The van der Waals surface area contributed by atoms with Crippen molar-refractivity contribution < 1.29 is 28.6 Å². The van der Waals surface area contributed by atoms with Crippen molar-refractivity contribution in [2.45, 2.75) is 31.1 Å². The molecule has 8 nitrogen and oxygen atoms in total. The first-order valence-corrected chi connectivity index (χ1v) is 11.5. The molecule has 0 bridgehead atoms. The van der Waals surface area contributed by atoms with E-state index in [4.69, 9.17) is 32.7 Å². The van der Waals surface area contributed by atoms with Gasteiger partial charge in [-0.3, -0.25) is 9.59 Å². The van der Waals surface area contributed by atoms with E-state index in [1.807, 2.05) is 6.07 Å². The molecule has 0 fully saturated rings. The summed E-state index contributed by atoms with van der Waals surface area (Å²) in [7, 11) is 1.80. The van der Waals surface area contributed by atoms with Crippen LogP contribution in [-0.2, 0) is 9.59 Å². The highest BCUT2D eigenvalue weighted by Crippen LogP contribution is 2.36. The topological polar surface area (TPSA) is 109 Å². The molecule has 1 aliphatic rings. The highest BCUT2D eigenvalue weighted by molar-refractivity contribution is 6.31. The van der Waals surface area contributed by atoms with Gasteiger partial charge in [-0.15, -0.1) is 0 Å². The number of fused-ring (bicyclic) bond motifs is 1. The zero-order valence-corrected chi connectivity index (χ0v) is 20.0. The predicted octanol–water partition coefficient (Wildman–Crippen LogP) is 2.61. The van der Waals surface area contributed by atoms with Gasteiger partial charge in [-0.25, -0.2) is 4.39 Å². The molecule has 11 heteroatoms. The highest BCUT2D eigenvalue weighted by atomic mass is 35.5. The average Bonchev–Trinajstić information content (AvgIpc) is 2.82. The largest absolute Gasteiger partial charge is 0.484 e. The molecule has 0 saturated heterocycles. The lowest BCUT2D eigenvalue weighted by Gasteiger charge is -2.31. The standard InChI is InChI=1S/C23H26Cl2FN3O5/c1-27-19-10-21(34-20-5-2-13(24)8-16(19)20)23(32)28-7-6-14(30)11-29-22(31)12-33-15-3-4-17(25)18(26)9-15/h2-5,8-9,14,19,21,27,30H,6-7,10-12H2,1H3,(H,28,32)(H,29,31)/t14-,19?,21?/m0/s1. The number of nitrogens with one attached hydrogen (secondary N) is 3. The summed E-state index contributed by atoms with van der Waals surface area (Å²) in [6.45, 7) is -0.167. The molecule has 0 aliphatic carbocycles. The number of benzene rings is 2. The van der Waals surface area contributed by atoms with Crippen molar-refractivity contribution in [3.8, 4) is 11.5 Å². The molecule has 2 aromatic carbocycles. The smallest absolute Gasteiger partial charge is 0.261 e. The normalized spacial score (nSPS) is 17.8. The Kier molecular flexibility index (Phi) is 9.35. The molecule has 0 spiro atoms. The van der Waals surface area contributed by atoms with Crippen LogP contribution >= 0.6 is 23.2 Å². The van der Waals surface area contributed by atoms with Crippen molar-refractivity contribution in [2.24, 2.45) is 0 Å². The third-order valence-electron chi connectivity index (χ3n) is 5.28. The number of aliphatic hydroxyl groups excluding tert-OH is 1. The van der Waals surface area contributed by atoms with E-state index >= 15 is 0 Å². The Morgan fingerprint density at radius 2 is 2.03 bits per heavy atom. The molecule has 0 saturated carbocycles. The molecule has 2 aromatic rings. The zero-order valence-electron chi connectivity index (χ0n) is 18.4. The Hall–Kier alpha value is -2.59. The molecule has 2 amide bonds. The van der Waals surface area contributed by atoms with Gasteiger partial charge in [0.2, 0.25) is 0 Å². The van der Waals surface area contributed by atoms with Gasteiger partial charge in [0.25, 0.3) is 11.8 Å². The van der Waals surface area contributed by atoms with Crippen LogP contribution in [-0.4, -0.2) is 55.9 Å². The first-order chi connectivity index (χ1) is 16.3. The number of rotatable bonds is 10. The third-order valence-corrected chi connectivity index (χ3v) is 5.82. The third kappa shape index (κ3) is 7.20. The van der Waals surface area contributed by atoms with E-state index in [0.29, 0.717) is 17.2 Å². The first-order valence-electron chi connectivity index (χ1n) is 10.7. The zero-order chi connectivity index (χ0) is 24.7. The lowest BCUT2D eigenvalue weighted by molar-refractivity contribution is -0.129. The molecule has 1 heterocycles. The van der Waals surface area contributed by atoms with E-state index in [9.17, 15) is 19.1 Å². The van der Waals surface area contributed by atoms with E-state index in [-0.39, 0.29) is 48.8 Å². The molecule has 0 radical (unpaired) electrons. The number of carbonyl (C=O) groups excluding carboxylic acids is 2. The lowest BCUT2D eigenvalue weighted by Crippen LogP contribution is -2.44. The van der Waals surface area contributed by atoms with Crippen molar-refractivity contribution in [1.29, 1.82) is 0 Å². The van der Waals surface area contributed by atoms with Crippen molar-refractivity contribution in [3.63, 3.8) is 0 Å². The summed E-state index contributed by atoms with van der Waals surface area (Å²) in [6.07, 6.45) is -0.898. The number of ether oxygens (including phenoxy) is 2. The van der Waals surface area contributed by atoms with Gasteiger partial charge in [0.1, 0.15) is 17.3 Å². The number of hydrogen-bond donors (Lipinski definition) is 4. The van der Waals surface area contributed by atoms with E-state index in [2.05, 4.69) is 16.0 Å². The Morgan fingerprint density at radius 1 is 1.24 bits per heavy atom. The minimum absolute atomic E-state index is 0.0249.